The molecule has 0 bridgehead atoms. The Morgan fingerprint density at radius 1 is 0.953 bits per heavy atom. The van der Waals surface area contributed by atoms with Gasteiger partial charge in [-0.3, -0.25) is 9.59 Å². The summed E-state index contributed by atoms with van der Waals surface area (Å²) in [6, 6.07) is 29.6. The number of carbonyl (C=O) groups is 2. The van der Waals surface area contributed by atoms with Gasteiger partial charge in [0, 0.05) is 17.0 Å². The van der Waals surface area contributed by atoms with Crippen LogP contribution in [-0.2, 0) is 22.6 Å². The van der Waals surface area contributed by atoms with Crippen molar-refractivity contribution in [2.75, 3.05) is 0 Å². The summed E-state index contributed by atoms with van der Waals surface area (Å²) < 4.78 is 11.5. The Morgan fingerprint density at radius 2 is 1.67 bits per heavy atom. The molecule has 4 rings (SSSR count). The smallest absolute Gasteiger partial charge is 0.262 e. The molecule has 4 aromatic carbocycles. The van der Waals surface area contributed by atoms with Crippen molar-refractivity contribution in [1.29, 1.82) is 5.26 Å². The zero-order valence-electron chi connectivity index (χ0n) is 23.2. The first-order valence-corrected chi connectivity index (χ1v) is 14.1. The molecule has 4 aromatic rings. The number of amides is 2. The van der Waals surface area contributed by atoms with Crippen LogP contribution in [0.15, 0.2) is 102 Å². The number of halogens is 2. The first kappa shape index (κ1) is 31.1. The maximum atomic E-state index is 13.1. The first-order valence-electron chi connectivity index (χ1n) is 13.3. The largest absolute Gasteiger partial charge is 0.489 e. The highest BCUT2D eigenvalue weighted by atomic mass is 35.5. The van der Waals surface area contributed by atoms with Crippen LogP contribution in [0.5, 0.6) is 11.5 Å². The van der Waals surface area contributed by atoms with Crippen molar-refractivity contribution in [2.45, 2.75) is 32.1 Å². The van der Waals surface area contributed by atoms with Crippen LogP contribution in [0, 0.1) is 11.3 Å². The van der Waals surface area contributed by atoms with E-state index < -0.39 is 24.0 Å². The van der Waals surface area contributed by atoms with Crippen molar-refractivity contribution in [2.24, 2.45) is 5.10 Å². The molecule has 0 saturated carbocycles. The highest BCUT2D eigenvalue weighted by Gasteiger charge is 2.25. The molecule has 0 aliphatic rings. The van der Waals surface area contributed by atoms with Gasteiger partial charge in [0.1, 0.15) is 24.1 Å². The highest BCUT2D eigenvalue weighted by molar-refractivity contribution is 6.35. The minimum Gasteiger partial charge on any atom is -0.489 e. The molecular formula is C33H28Cl2N4O4. The van der Waals surface area contributed by atoms with Gasteiger partial charge in [0.05, 0.1) is 22.9 Å². The van der Waals surface area contributed by atoms with Gasteiger partial charge in [-0.1, -0.05) is 71.7 Å². The average Bonchev–Trinajstić information content (AvgIpc) is 3.02. The first-order chi connectivity index (χ1) is 20.8. The standard InChI is InChI=1S/C33H28Cl2N4O4/c1-22(43-31-16-13-27(34)18-29(31)35)32(40)38-30(17-23-7-3-2-4-8-23)33(41)39-37-20-24-11-14-28(15-12-24)42-21-26-10-6-5-9-25(26)19-36/h2-16,18,20,22,30H,17,21H2,1H3,(H,38,40)(H,39,41)/b37-20-/t22-,30+/m0/s1. The fourth-order valence-corrected chi connectivity index (χ4v) is 4.43. The van der Waals surface area contributed by atoms with Crippen LogP contribution in [0.25, 0.3) is 0 Å². The van der Waals surface area contributed by atoms with Crippen molar-refractivity contribution < 1.29 is 19.1 Å². The maximum Gasteiger partial charge on any atom is 0.262 e. The van der Waals surface area contributed by atoms with E-state index in [1.807, 2.05) is 42.5 Å². The Balaban J connectivity index is 1.36. The molecule has 0 fully saturated rings. The van der Waals surface area contributed by atoms with Crippen molar-refractivity contribution in [3.8, 4) is 17.6 Å². The summed E-state index contributed by atoms with van der Waals surface area (Å²) in [7, 11) is 0. The quantitative estimate of drug-likeness (QED) is 0.148. The van der Waals surface area contributed by atoms with Crippen LogP contribution in [0.1, 0.15) is 29.2 Å². The van der Waals surface area contributed by atoms with Gasteiger partial charge in [-0.15, -0.1) is 0 Å². The summed E-state index contributed by atoms with van der Waals surface area (Å²) in [5.41, 5.74) is 5.45. The van der Waals surface area contributed by atoms with Gasteiger partial charge in [0.15, 0.2) is 6.10 Å². The zero-order valence-corrected chi connectivity index (χ0v) is 24.7. The number of ether oxygens (including phenoxy) is 2. The summed E-state index contributed by atoms with van der Waals surface area (Å²) in [5.74, 6) is -0.0816. The van der Waals surface area contributed by atoms with E-state index >= 15 is 0 Å². The second-order valence-corrected chi connectivity index (χ2v) is 10.3. The Labute approximate surface area is 259 Å². The molecule has 0 saturated heterocycles. The van der Waals surface area contributed by atoms with E-state index in [1.54, 1.807) is 55.5 Å². The van der Waals surface area contributed by atoms with Gasteiger partial charge in [-0.05, 0) is 66.6 Å². The molecular weight excluding hydrogens is 587 g/mol. The van der Waals surface area contributed by atoms with Crippen LogP contribution in [0.4, 0.5) is 0 Å². The molecule has 0 radical (unpaired) electrons. The number of benzene rings is 4. The van der Waals surface area contributed by atoms with Crippen molar-refractivity contribution in [1.82, 2.24) is 10.7 Å². The van der Waals surface area contributed by atoms with Gasteiger partial charge < -0.3 is 14.8 Å². The lowest BCUT2D eigenvalue weighted by Gasteiger charge is -2.21. The average molecular weight is 616 g/mol. The van der Waals surface area contributed by atoms with Crippen molar-refractivity contribution in [3.63, 3.8) is 0 Å². The summed E-state index contributed by atoms with van der Waals surface area (Å²) >= 11 is 12.1. The zero-order chi connectivity index (χ0) is 30.6. The van der Waals surface area contributed by atoms with Gasteiger partial charge in [0.2, 0.25) is 0 Å². The molecule has 10 heteroatoms. The number of carbonyl (C=O) groups excluding carboxylic acids is 2. The molecule has 2 amide bonds. The molecule has 0 unspecified atom stereocenters. The van der Waals surface area contributed by atoms with E-state index in [-0.39, 0.29) is 18.1 Å². The maximum absolute atomic E-state index is 13.1. The Bertz CT molecular complexity index is 1620. The number of hydrogen-bond acceptors (Lipinski definition) is 6. The van der Waals surface area contributed by atoms with E-state index in [9.17, 15) is 14.9 Å². The van der Waals surface area contributed by atoms with Crippen LogP contribution in [0.3, 0.4) is 0 Å². The molecule has 0 aliphatic heterocycles. The number of rotatable bonds is 12. The number of hydrazone groups is 1. The summed E-state index contributed by atoms with van der Waals surface area (Å²) in [6.07, 6.45) is 0.786. The SMILES string of the molecule is C[C@H](Oc1ccc(Cl)cc1Cl)C(=O)N[C@H](Cc1ccccc1)C(=O)N/N=C\c1ccc(OCc2ccccc2C#N)cc1. The normalized spacial score (nSPS) is 12.1. The lowest BCUT2D eigenvalue weighted by Crippen LogP contribution is -2.50. The molecule has 218 valence electrons. The third kappa shape index (κ3) is 9.33. The molecule has 8 nitrogen and oxygen atoms in total. The molecule has 0 heterocycles. The third-order valence-electron chi connectivity index (χ3n) is 6.28. The minimum absolute atomic E-state index is 0.239. The summed E-state index contributed by atoms with van der Waals surface area (Å²) in [4.78, 5) is 26.1. The van der Waals surface area contributed by atoms with Crippen LogP contribution < -0.4 is 20.2 Å². The second-order valence-electron chi connectivity index (χ2n) is 9.45. The van der Waals surface area contributed by atoms with E-state index in [0.29, 0.717) is 22.1 Å². The van der Waals surface area contributed by atoms with Crippen LogP contribution >= 0.6 is 23.2 Å². The second kappa shape index (κ2) is 15.4. The van der Waals surface area contributed by atoms with E-state index in [2.05, 4.69) is 21.9 Å². The monoisotopic (exact) mass is 614 g/mol. The fraction of sp³-hybridized carbons (Fsp3) is 0.152. The van der Waals surface area contributed by atoms with Gasteiger partial charge in [-0.25, -0.2) is 5.43 Å². The van der Waals surface area contributed by atoms with Gasteiger partial charge in [-0.2, -0.15) is 10.4 Å². The molecule has 2 atom stereocenters. The lowest BCUT2D eigenvalue weighted by atomic mass is 10.1. The topological polar surface area (TPSA) is 113 Å². The highest BCUT2D eigenvalue weighted by Crippen LogP contribution is 2.28. The van der Waals surface area contributed by atoms with Gasteiger partial charge in [0.25, 0.3) is 11.8 Å². The number of hydrogen-bond donors (Lipinski definition) is 2. The third-order valence-corrected chi connectivity index (χ3v) is 6.81. The predicted octanol–water partition coefficient (Wildman–Crippen LogP) is 6.09. The number of nitriles is 1. The Hall–Kier alpha value is -4.84. The van der Waals surface area contributed by atoms with E-state index in [4.69, 9.17) is 32.7 Å². The van der Waals surface area contributed by atoms with Gasteiger partial charge >= 0.3 is 0 Å². The van der Waals surface area contributed by atoms with Crippen molar-refractivity contribution >= 4 is 41.2 Å². The predicted molar refractivity (Wildman–Crippen MR) is 166 cm³/mol. The van der Waals surface area contributed by atoms with Crippen LogP contribution in [0.2, 0.25) is 10.0 Å². The number of nitrogens with one attached hydrogen (secondary N) is 2. The molecule has 0 aromatic heterocycles. The molecule has 2 N–H and O–H groups in total. The summed E-state index contributed by atoms with van der Waals surface area (Å²) in [5, 5.41) is 16.8. The van der Waals surface area contributed by atoms with E-state index in [0.717, 1.165) is 16.7 Å². The van der Waals surface area contributed by atoms with E-state index in [1.165, 1.54) is 12.3 Å². The molecule has 0 spiro atoms. The molecule has 0 aliphatic carbocycles. The van der Waals surface area contributed by atoms with Crippen LogP contribution in [-0.4, -0.2) is 30.2 Å². The number of nitrogens with zero attached hydrogens (tertiary/aromatic N) is 2. The Morgan fingerprint density at radius 3 is 2.40 bits per heavy atom. The Kier molecular flexibility index (Phi) is 11.1. The minimum atomic E-state index is -0.942. The fourth-order valence-electron chi connectivity index (χ4n) is 3.98. The van der Waals surface area contributed by atoms with Crippen molar-refractivity contribution in [3.05, 3.63) is 129 Å². The summed E-state index contributed by atoms with van der Waals surface area (Å²) in [6.45, 7) is 1.82. The lowest BCUT2D eigenvalue weighted by molar-refractivity contribution is -0.132. The molecule has 43 heavy (non-hydrogen) atoms.